The quantitative estimate of drug-likeness (QED) is 0.890. The Morgan fingerprint density at radius 2 is 2.09 bits per heavy atom. The van der Waals surface area contributed by atoms with E-state index in [9.17, 15) is 4.79 Å². The minimum atomic E-state index is -0.106. The molecule has 0 saturated heterocycles. The second-order valence-corrected chi connectivity index (χ2v) is 6.38. The fourth-order valence-corrected chi connectivity index (χ4v) is 2.63. The summed E-state index contributed by atoms with van der Waals surface area (Å²) < 4.78 is 1.66. The van der Waals surface area contributed by atoms with Crippen molar-refractivity contribution in [3.63, 3.8) is 0 Å². The highest BCUT2D eigenvalue weighted by Gasteiger charge is 2.19. The van der Waals surface area contributed by atoms with Gasteiger partial charge in [-0.15, -0.1) is 0 Å². The molecular formula is C18H26N4O. The van der Waals surface area contributed by atoms with E-state index in [0.29, 0.717) is 11.6 Å². The number of carbonyl (C=O) groups is 1. The Kier molecular flexibility index (Phi) is 5.53. The van der Waals surface area contributed by atoms with E-state index < -0.39 is 0 Å². The highest BCUT2D eigenvalue weighted by Crippen LogP contribution is 2.16. The Morgan fingerprint density at radius 3 is 2.70 bits per heavy atom. The number of nitrogens with one attached hydrogen (secondary N) is 1. The molecule has 2 rings (SSSR count). The minimum Gasteiger partial charge on any atom is -0.342 e. The Balaban J connectivity index is 2.15. The molecule has 0 saturated carbocycles. The van der Waals surface area contributed by atoms with Gasteiger partial charge in [0.05, 0.1) is 17.4 Å². The molecule has 0 fully saturated rings. The number of amides is 1. The Labute approximate surface area is 138 Å². The van der Waals surface area contributed by atoms with Crippen LogP contribution >= 0.6 is 0 Å². The Morgan fingerprint density at radius 1 is 1.35 bits per heavy atom. The average molecular weight is 314 g/mol. The first-order valence-corrected chi connectivity index (χ1v) is 8.18. The minimum absolute atomic E-state index is 0.0918. The molecule has 0 aliphatic carbocycles. The van der Waals surface area contributed by atoms with Crippen molar-refractivity contribution in [3.05, 3.63) is 47.0 Å². The number of rotatable bonds is 6. The third kappa shape index (κ3) is 4.41. The summed E-state index contributed by atoms with van der Waals surface area (Å²) in [6.07, 6.45) is 1.66. The summed E-state index contributed by atoms with van der Waals surface area (Å²) in [4.78, 5) is 17.1. The molecule has 5 heteroatoms. The maximum Gasteiger partial charge on any atom is 0.270 e. The first-order valence-electron chi connectivity index (χ1n) is 8.18. The van der Waals surface area contributed by atoms with E-state index >= 15 is 0 Å². The van der Waals surface area contributed by atoms with Crippen LogP contribution in [0.4, 0.5) is 0 Å². The molecule has 0 aliphatic heterocycles. The van der Waals surface area contributed by atoms with Gasteiger partial charge in [-0.25, -0.2) is 0 Å². The maximum absolute atomic E-state index is 12.6. The maximum atomic E-state index is 12.6. The normalized spacial score (nSPS) is 12.4. The van der Waals surface area contributed by atoms with Gasteiger partial charge in [0.15, 0.2) is 0 Å². The van der Waals surface area contributed by atoms with Crippen LogP contribution in [0.5, 0.6) is 0 Å². The van der Waals surface area contributed by atoms with Crippen LogP contribution < -0.4 is 5.32 Å². The van der Waals surface area contributed by atoms with Crippen molar-refractivity contribution in [3.8, 4) is 0 Å². The number of pyridine rings is 1. The van der Waals surface area contributed by atoms with Gasteiger partial charge in [0.25, 0.3) is 5.91 Å². The molecule has 0 aliphatic rings. The Hall–Kier alpha value is -2.17. The molecule has 0 unspecified atom stereocenters. The van der Waals surface area contributed by atoms with Crippen LogP contribution in [0.1, 0.15) is 60.8 Å². The smallest absolute Gasteiger partial charge is 0.270 e. The van der Waals surface area contributed by atoms with Crippen molar-refractivity contribution < 1.29 is 4.79 Å². The summed E-state index contributed by atoms with van der Waals surface area (Å²) in [5, 5.41) is 7.50. The second kappa shape index (κ2) is 7.40. The zero-order valence-corrected chi connectivity index (χ0v) is 14.6. The van der Waals surface area contributed by atoms with Crippen molar-refractivity contribution in [2.45, 2.75) is 46.6 Å². The summed E-state index contributed by atoms with van der Waals surface area (Å²) in [5.74, 6) is 0.408. The first kappa shape index (κ1) is 17.2. The van der Waals surface area contributed by atoms with E-state index in [1.54, 1.807) is 4.68 Å². The van der Waals surface area contributed by atoms with Gasteiger partial charge in [0, 0.05) is 12.7 Å². The van der Waals surface area contributed by atoms with Crippen LogP contribution in [0.25, 0.3) is 0 Å². The zero-order valence-electron chi connectivity index (χ0n) is 14.6. The first-order chi connectivity index (χ1) is 10.9. The molecule has 1 atom stereocenters. The molecule has 5 nitrogen and oxygen atoms in total. The largest absolute Gasteiger partial charge is 0.342 e. The van der Waals surface area contributed by atoms with Crippen LogP contribution in [0.2, 0.25) is 0 Å². The molecular weight excluding hydrogens is 288 g/mol. The number of aryl methyl sites for hydroxylation is 2. The SMILES string of the molecule is CC[C@H](NC(=O)c1cc(CC(C)C)nn1C)c1cccc(C)n1. The summed E-state index contributed by atoms with van der Waals surface area (Å²) in [5.41, 5.74) is 3.39. The van der Waals surface area contributed by atoms with Crippen molar-refractivity contribution in [2.24, 2.45) is 13.0 Å². The van der Waals surface area contributed by atoms with Crippen LogP contribution in [0.3, 0.4) is 0 Å². The van der Waals surface area contributed by atoms with Crippen molar-refractivity contribution >= 4 is 5.91 Å². The van der Waals surface area contributed by atoms with Crippen LogP contribution in [0.15, 0.2) is 24.3 Å². The van der Waals surface area contributed by atoms with Gasteiger partial charge in [-0.1, -0.05) is 26.8 Å². The Bertz CT molecular complexity index is 675. The van der Waals surface area contributed by atoms with Gasteiger partial charge < -0.3 is 5.32 Å². The number of hydrogen-bond donors (Lipinski definition) is 1. The molecule has 124 valence electrons. The van der Waals surface area contributed by atoms with Gasteiger partial charge in [0.2, 0.25) is 0 Å². The second-order valence-electron chi connectivity index (χ2n) is 6.38. The molecule has 0 bridgehead atoms. The van der Waals surface area contributed by atoms with Gasteiger partial charge >= 0.3 is 0 Å². The predicted molar refractivity (Wildman–Crippen MR) is 91.2 cm³/mol. The molecule has 2 aromatic rings. The number of carbonyl (C=O) groups excluding carboxylic acids is 1. The molecule has 23 heavy (non-hydrogen) atoms. The number of hydrogen-bond acceptors (Lipinski definition) is 3. The lowest BCUT2D eigenvalue weighted by molar-refractivity contribution is 0.0925. The molecule has 0 radical (unpaired) electrons. The monoisotopic (exact) mass is 314 g/mol. The van der Waals surface area contributed by atoms with E-state index in [0.717, 1.165) is 29.9 Å². The third-order valence-corrected chi connectivity index (χ3v) is 3.76. The van der Waals surface area contributed by atoms with E-state index in [1.165, 1.54) is 0 Å². The van der Waals surface area contributed by atoms with Crippen LogP contribution in [0, 0.1) is 12.8 Å². The fraction of sp³-hybridized carbons (Fsp3) is 0.500. The summed E-state index contributed by atoms with van der Waals surface area (Å²) >= 11 is 0. The van der Waals surface area contributed by atoms with E-state index in [1.807, 2.05) is 45.2 Å². The predicted octanol–water partition coefficient (Wildman–Crippen LogP) is 3.20. The summed E-state index contributed by atoms with van der Waals surface area (Å²) in [7, 11) is 1.81. The third-order valence-electron chi connectivity index (χ3n) is 3.76. The standard InChI is InChI=1S/C18H26N4O/c1-6-15(16-9-7-8-13(4)19-16)20-18(23)17-11-14(10-12(2)3)21-22(17)5/h7-9,11-12,15H,6,10H2,1-5H3,(H,20,23)/t15-/m0/s1. The van der Waals surface area contributed by atoms with Crippen LogP contribution in [-0.2, 0) is 13.5 Å². The fourth-order valence-electron chi connectivity index (χ4n) is 2.63. The molecule has 1 amide bonds. The summed E-state index contributed by atoms with van der Waals surface area (Å²) in [6, 6.07) is 7.67. The lowest BCUT2D eigenvalue weighted by Gasteiger charge is -2.16. The van der Waals surface area contributed by atoms with Gasteiger partial charge in [0.1, 0.15) is 5.69 Å². The lowest BCUT2D eigenvalue weighted by atomic mass is 10.1. The van der Waals surface area contributed by atoms with Crippen molar-refractivity contribution in [1.82, 2.24) is 20.1 Å². The topological polar surface area (TPSA) is 59.8 Å². The van der Waals surface area contributed by atoms with Crippen LogP contribution in [-0.4, -0.2) is 20.7 Å². The van der Waals surface area contributed by atoms with Gasteiger partial charge in [-0.3, -0.25) is 14.5 Å². The lowest BCUT2D eigenvalue weighted by Crippen LogP contribution is -2.30. The molecule has 2 heterocycles. The number of nitrogens with zero attached hydrogens (tertiary/aromatic N) is 3. The molecule has 2 aromatic heterocycles. The van der Waals surface area contributed by atoms with Gasteiger partial charge in [-0.2, -0.15) is 5.10 Å². The highest BCUT2D eigenvalue weighted by molar-refractivity contribution is 5.92. The summed E-state index contributed by atoms with van der Waals surface area (Å²) in [6.45, 7) is 8.29. The average Bonchev–Trinajstić information content (AvgIpc) is 2.84. The van der Waals surface area contributed by atoms with Gasteiger partial charge in [-0.05, 0) is 43.9 Å². The zero-order chi connectivity index (χ0) is 17.0. The van der Waals surface area contributed by atoms with Crippen molar-refractivity contribution in [2.75, 3.05) is 0 Å². The van der Waals surface area contributed by atoms with Crippen molar-refractivity contribution in [1.29, 1.82) is 0 Å². The molecule has 1 N–H and O–H groups in total. The molecule has 0 spiro atoms. The van der Waals surface area contributed by atoms with E-state index in [2.05, 4.69) is 29.2 Å². The van der Waals surface area contributed by atoms with E-state index in [4.69, 9.17) is 0 Å². The number of aromatic nitrogens is 3. The van der Waals surface area contributed by atoms with E-state index in [-0.39, 0.29) is 11.9 Å². The highest BCUT2D eigenvalue weighted by atomic mass is 16.2. The molecule has 0 aromatic carbocycles.